The van der Waals surface area contributed by atoms with Crippen LogP contribution in [0.1, 0.15) is 29.8 Å². The molecule has 1 aromatic heterocycles. The molecule has 108 valence electrons. The van der Waals surface area contributed by atoms with Crippen molar-refractivity contribution in [2.45, 2.75) is 25.9 Å². The van der Waals surface area contributed by atoms with Crippen LogP contribution in [0.2, 0.25) is 0 Å². The number of benzene rings is 1. The van der Waals surface area contributed by atoms with Crippen LogP contribution in [0.15, 0.2) is 22.8 Å². The molecule has 0 radical (unpaired) electrons. The first-order chi connectivity index (χ1) is 9.43. The van der Waals surface area contributed by atoms with Gasteiger partial charge in [-0.25, -0.2) is 8.78 Å². The van der Waals surface area contributed by atoms with Gasteiger partial charge >= 0.3 is 0 Å². The van der Waals surface area contributed by atoms with E-state index in [1.165, 1.54) is 12.1 Å². The SMILES string of the molecule is CCc1nn(C)cc1C(O)Cc1c(F)ccc(Br)c1F. The molecule has 1 atom stereocenters. The second-order valence-electron chi connectivity index (χ2n) is 4.60. The van der Waals surface area contributed by atoms with Crippen LogP contribution in [0.3, 0.4) is 0 Å². The third-order valence-corrected chi connectivity index (χ3v) is 3.78. The lowest BCUT2D eigenvalue weighted by Gasteiger charge is -2.12. The minimum absolute atomic E-state index is 0.127. The fraction of sp³-hybridized carbons (Fsp3) is 0.357. The van der Waals surface area contributed by atoms with E-state index in [1.807, 2.05) is 6.92 Å². The zero-order chi connectivity index (χ0) is 14.9. The van der Waals surface area contributed by atoms with E-state index in [0.29, 0.717) is 12.0 Å². The zero-order valence-electron chi connectivity index (χ0n) is 11.2. The topological polar surface area (TPSA) is 38.0 Å². The number of aliphatic hydroxyl groups excluding tert-OH is 1. The van der Waals surface area contributed by atoms with Crippen molar-refractivity contribution < 1.29 is 13.9 Å². The number of aryl methyl sites for hydroxylation is 2. The third kappa shape index (κ3) is 2.91. The highest BCUT2D eigenvalue weighted by molar-refractivity contribution is 9.10. The first kappa shape index (κ1) is 15.1. The minimum atomic E-state index is -0.989. The van der Waals surface area contributed by atoms with Crippen molar-refractivity contribution in [3.05, 3.63) is 51.3 Å². The summed E-state index contributed by atoms with van der Waals surface area (Å²) in [6.45, 7) is 1.92. The lowest BCUT2D eigenvalue weighted by atomic mass is 10.0. The molecule has 20 heavy (non-hydrogen) atoms. The molecule has 0 saturated carbocycles. The summed E-state index contributed by atoms with van der Waals surface area (Å²) in [5, 5.41) is 14.5. The highest BCUT2D eigenvalue weighted by atomic mass is 79.9. The van der Waals surface area contributed by atoms with E-state index in [0.717, 1.165) is 5.69 Å². The Labute approximate surface area is 124 Å². The van der Waals surface area contributed by atoms with Crippen molar-refractivity contribution in [1.82, 2.24) is 9.78 Å². The molecule has 0 amide bonds. The van der Waals surface area contributed by atoms with Gasteiger partial charge in [-0.2, -0.15) is 5.10 Å². The standard InChI is InChI=1S/C14H15BrF2N2O/c1-3-12-9(7-19(2)18-12)13(20)6-8-11(16)5-4-10(15)14(8)17/h4-5,7,13,20H,3,6H2,1-2H3. The molecule has 0 spiro atoms. The fourth-order valence-electron chi connectivity index (χ4n) is 2.17. The maximum Gasteiger partial charge on any atom is 0.143 e. The van der Waals surface area contributed by atoms with Crippen LogP contribution in [0.4, 0.5) is 8.78 Å². The summed E-state index contributed by atoms with van der Waals surface area (Å²) in [6, 6.07) is 2.49. The molecule has 3 nitrogen and oxygen atoms in total. The maximum atomic E-state index is 13.9. The van der Waals surface area contributed by atoms with Crippen molar-refractivity contribution in [1.29, 1.82) is 0 Å². The summed E-state index contributed by atoms with van der Waals surface area (Å²) in [7, 11) is 1.75. The predicted molar refractivity (Wildman–Crippen MR) is 75.3 cm³/mol. The van der Waals surface area contributed by atoms with E-state index in [9.17, 15) is 13.9 Å². The smallest absolute Gasteiger partial charge is 0.143 e. The molecule has 0 fully saturated rings. The Bertz CT molecular complexity index is 628. The number of rotatable bonds is 4. The Morgan fingerprint density at radius 1 is 1.40 bits per heavy atom. The predicted octanol–water partition coefficient (Wildman–Crippen LogP) is 3.30. The lowest BCUT2D eigenvalue weighted by Crippen LogP contribution is -2.07. The van der Waals surface area contributed by atoms with Gasteiger partial charge < -0.3 is 5.11 Å². The summed E-state index contributed by atoms with van der Waals surface area (Å²) in [5.74, 6) is -1.34. The number of halogens is 3. The number of hydrogen-bond acceptors (Lipinski definition) is 2. The molecule has 0 saturated heterocycles. The Morgan fingerprint density at radius 2 is 2.10 bits per heavy atom. The van der Waals surface area contributed by atoms with Gasteiger partial charge in [0, 0.05) is 30.8 Å². The third-order valence-electron chi connectivity index (χ3n) is 3.17. The molecule has 2 rings (SSSR count). The van der Waals surface area contributed by atoms with Crippen LogP contribution in [0.5, 0.6) is 0 Å². The fourth-order valence-corrected chi connectivity index (χ4v) is 2.54. The Morgan fingerprint density at radius 3 is 2.75 bits per heavy atom. The minimum Gasteiger partial charge on any atom is -0.388 e. The van der Waals surface area contributed by atoms with Crippen molar-refractivity contribution in [2.75, 3.05) is 0 Å². The van der Waals surface area contributed by atoms with Gasteiger partial charge in [-0.05, 0) is 34.5 Å². The molecule has 2 aromatic rings. The van der Waals surface area contributed by atoms with Gasteiger partial charge in [-0.15, -0.1) is 0 Å². The van der Waals surface area contributed by atoms with Crippen LogP contribution in [0.25, 0.3) is 0 Å². The maximum absolute atomic E-state index is 13.9. The van der Waals surface area contributed by atoms with Crippen LogP contribution in [-0.2, 0) is 19.9 Å². The van der Waals surface area contributed by atoms with E-state index < -0.39 is 17.7 Å². The largest absolute Gasteiger partial charge is 0.388 e. The molecular formula is C14H15BrF2N2O. The summed E-state index contributed by atoms with van der Waals surface area (Å²) in [5.41, 5.74) is 1.21. The van der Waals surface area contributed by atoms with E-state index in [2.05, 4.69) is 21.0 Å². The van der Waals surface area contributed by atoms with Crippen molar-refractivity contribution in [3.63, 3.8) is 0 Å². The number of nitrogens with zero attached hydrogens (tertiary/aromatic N) is 2. The van der Waals surface area contributed by atoms with Gasteiger partial charge in [0.2, 0.25) is 0 Å². The van der Waals surface area contributed by atoms with Crippen LogP contribution >= 0.6 is 15.9 Å². The normalized spacial score (nSPS) is 12.7. The highest BCUT2D eigenvalue weighted by Crippen LogP contribution is 2.27. The van der Waals surface area contributed by atoms with Gasteiger partial charge in [0.1, 0.15) is 11.6 Å². The molecule has 0 bridgehead atoms. The van der Waals surface area contributed by atoms with Gasteiger partial charge in [0.15, 0.2) is 0 Å². The van der Waals surface area contributed by atoms with Crippen LogP contribution in [-0.4, -0.2) is 14.9 Å². The summed E-state index contributed by atoms with van der Waals surface area (Å²) in [4.78, 5) is 0. The van der Waals surface area contributed by atoms with Gasteiger partial charge in [0.05, 0.1) is 16.3 Å². The quantitative estimate of drug-likeness (QED) is 0.864. The molecule has 1 N–H and O–H groups in total. The average Bonchev–Trinajstić information content (AvgIpc) is 2.80. The van der Waals surface area contributed by atoms with Gasteiger partial charge in [-0.3, -0.25) is 4.68 Å². The molecule has 0 aliphatic heterocycles. The van der Waals surface area contributed by atoms with Crippen LogP contribution in [0, 0.1) is 11.6 Å². The molecule has 1 heterocycles. The zero-order valence-corrected chi connectivity index (χ0v) is 12.8. The Balaban J connectivity index is 2.32. The van der Waals surface area contributed by atoms with Crippen molar-refractivity contribution >= 4 is 15.9 Å². The first-order valence-corrected chi connectivity index (χ1v) is 7.06. The molecule has 6 heteroatoms. The summed E-state index contributed by atoms with van der Waals surface area (Å²) in [6.07, 6.45) is 1.21. The second kappa shape index (κ2) is 6.01. The van der Waals surface area contributed by atoms with Crippen molar-refractivity contribution in [3.8, 4) is 0 Å². The Kier molecular flexibility index (Phi) is 4.55. The van der Waals surface area contributed by atoms with Crippen molar-refractivity contribution in [2.24, 2.45) is 7.05 Å². The van der Waals surface area contributed by atoms with E-state index in [-0.39, 0.29) is 16.5 Å². The number of aliphatic hydroxyl groups is 1. The Hall–Kier alpha value is -1.27. The van der Waals surface area contributed by atoms with E-state index in [1.54, 1.807) is 17.9 Å². The van der Waals surface area contributed by atoms with Crippen LogP contribution < -0.4 is 0 Å². The molecule has 0 aliphatic carbocycles. The monoisotopic (exact) mass is 344 g/mol. The summed E-state index contributed by atoms with van der Waals surface area (Å²) >= 11 is 3.02. The number of hydrogen-bond donors (Lipinski definition) is 1. The van der Waals surface area contributed by atoms with Gasteiger partial charge in [-0.1, -0.05) is 6.92 Å². The molecule has 1 unspecified atom stereocenters. The first-order valence-electron chi connectivity index (χ1n) is 6.26. The molecule has 1 aromatic carbocycles. The molecule has 0 aliphatic rings. The van der Waals surface area contributed by atoms with Gasteiger partial charge in [0.25, 0.3) is 0 Å². The number of aromatic nitrogens is 2. The molecular weight excluding hydrogens is 330 g/mol. The average molecular weight is 345 g/mol. The summed E-state index contributed by atoms with van der Waals surface area (Å²) < 4.78 is 29.4. The second-order valence-corrected chi connectivity index (χ2v) is 5.45. The van der Waals surface area contributed by atoms with E-state index in [4.69, 9.17) is 0 Å². The highest BCUT2D eigenvalue weighted by Gasteiger charge is 2.20. The lowest BCUT2D eigenvalue weighted by molar-refractivity contribution is 0.174. The van der Waals surface area contributed by atoms with E-state index >= 15 is 0 Å².